The monoisotopic (exact) mass is 223 g/mol. The molecule has 0 radical (unpaired) electrons. The van der Waals surface area contributed by atoms with Gasteiger partial charge < -0.3 is 14.8 Å². The van der Waals surface area contributed by atoms with Crippen molar-refractivity contribution in [1.82, 2.24) is 5.32 Å². The van der Waals surface area contributed by atoms with Crippen molar-refractivity contribution in [1.29, 1.82) is 0 Å². The Morgan fingerprint density at radius 2 is 2.12 bits per heavy atom. The molecule has 1 atom stereocenters. The van der Waals surface area contributed by atoms with Crippen LogP contribution < -0.4 is 5.32 Å². The van der Waals surface area contributed by atoms with E-state index < -0.39 is 0 Å². The summed E-state index contributed by atoms with van der Waals surface area (Å²) >= 11 is 0. The van der Waals surface area contributed by atoms with Crippen molar-refractivity contribution >= 4 is 0 Å². The fraction of sp³-hybridized carbons (Fsp3) is 0.846. The van der Waals surface area contributed by atoms with Crippen LogP contribution in [-0.4, -0.2) is 38.0 Å². The van der Waals surface area contributed by atoms with E-state index >= 15 is 0 Å². The molecule has 90 valence electrons. The maximum Gasteiger partial charge on any atom is 0.0741 e. The number of hydrogen-bond donors (Lipinski definition) is 1. The van der Waals surface area contributed by atoms with Crippen LogP contribution in [0.2, 0.25) is 0 Å². The number of rotatable bonds is 3. The minimum absolute atomic E-state index is 0.0876. The first kappa shape index (κ1) is 11.9. The smallest absolute Gasteiger partial charge is 0.0741 e. The Hall–Kier alpha value is -0.560. The van der Waals surface area contributed by atoms with Gasteiger partial charge in [0.25, 0.3) is 0 Å². The highest BCUT2D eigenvalue weighted by atomic mass is 16.5. The first-order chi connectivity index (χ1) is 7.85. The summed E-state index contributed by atoms with van der Waals surface area (Å²) in [6.45, 7) is 3.48. The fourth-order valence-corrected chi connectivity index (χ4v) is 2.64. The van der Waals surface area contributed by atoms with Gasteiger partial charge in [-0.25, -0.2) is 0 Å². The van der Waals surface area contributed by atoms with E-state index in [9.17, 15) is 0 Å². The molecule has 2 saturated heterocycles. The maximum atomic E-state index is 5.98. The van der Waals surface area contributed by atoms with E-state index in [1.807, 2.05) is 0 Å². The molecule has 0 saturated carbocycles. The molecule has 3 heteroatoms. The number of nitrogens with one attached hydrogen (secondary N) is 1. The molecule has 0 aliphatic carbocycles. The third-order valence-electron chi connectivity index (χ3n) is 3.60. The zero-order valence-corrected chi connectivity index (χ0v) is 9.84. The van der Waals surface area contributed by atoms with E-state index in [1.165, 1.54) is 0 Å². The zero-order chi connectivity index (χ0) is 11.3. The summed E-state index contributed by atoms with van der Waals surface area (Å²) in [5, 5.41) is 3.53. The molecule has 0 aromatic rings. The van der Waals surface area contributed by atoms with E-state index in [4.69, 9.17) is 15.9 Å². The Morgan fingerprint density at radius 1 is 1.31 bits per heavy atom. The Morgan fingerprint density at radius 3 is 2.88 bits per heavy atom. The normalized spacial score (nSPS) is 28.8. The summed E-state index contributed by atoms with van der Waals surface area (Å²) in [5.41, 5.74) is 0.0876. The Kier molecular flexibility index (Phi) is 4.22. The van der Waals surface area contributed by atoms with E-state index in [0.717, 1.165) is 58.5 Å². The van der Waals surface area contributed by atoms with Gasteiger partial charge in [0.2, 0.25) is 0 Å². The van der Waals surface area contributed by atoms with Crippen LogP contribution in [0.25, 0.3) is 0 Å². The molecule has 0 aromatic carbocycles. The van der Waals surface area contributed by atoms with E-state index in [2.05, 4.69) is 11.2 Å². The molecule has 2 rings (SSSR count). The van der Waals surface area contributed by atoms with Crippen molar-refractivity contribution in [2.24, 2.45) is 0 Å². The minimum Gasteiger partial charge on any atom is -0.381 e. The lowest BCUT2D eigenvalue weighted by atomic mass is 9.84. The molecule has 3 nitrogen and oxygen atoms in total. The third-order valence-corrected chi connectivity index (χ3v) is 3.60. The van der Waals surface area contributed by atoms with Crippen LogP contribution in [0.3, 0.4) is 0 Å². The summed E-state index contributed by atoms with van der Waals surface area (Å²) < 4.78 is 11.4. The first-order valence-corrected chi connectivity index (χ1v) is 6.23. The third kappa shape index (κ3) is 2.98. The lowest BCUT2D eigenvalue weighted by molar-refractivity contribution is -0.140. The number of ether oxygens (including phenoxy) is 2. The van der Waals surface area contributed by atoms with Crippen LogP contribution in [0.15, 0.2) is 0 Å². The summed E-state index contributed by atoms with van der Waals surface area (Å²) in [4.78, 5) is 0. The Labute approximate surface area is 97.9 Å². The Bertz CT molecular complexity index is 248. The highest BCUT2D eigenvalue weighted by Crippen LogP contribution is 2.34. The summed E-state index contributed by atoms with van der Waals surface area (Å²) in [6.07, 6.45) is 10.4. The van der Waals surface area contributed by atoms with Gasteiger partial charge in [0, 0.05) is 38.8 Å². The van der Waals surface area contributed by atoms with Gasteiger partial charge in [-0.15, -0.1) is 12.3 Å². The molecular weight excluding hydrogens is 202 g/mol. The average molecular weight is 223 g/mol. The predicted octanol–water partition coefficient (Wildman–Crippen LogP) is 1.33. The van der Waals surface area contributed by atoms with Gasteiger partial charge in [-0.05, 0) is 25.7 Å². The van der Waals surface area contributed by atoms with Gasteiger partial charge in [0.15, 0.2) is 0 Å². The van der Waals surface area contributed by atoms with Gasteiger partial charge in [-0.2, -0.15) is 0 Å². The summed E-state index contributed by atoms with van der Waals surface area (Å²) in [6, 6.07) is 0.570. The lowest BCUT2D eigenvalue weighted by Crippen LogP contribution is -2.49. The highest BCUT2D eigenvalue weighted by molar-refractivity contribution is 4.92. The summed E-state index contributed by atoms with van der Waals surface area (Å²) in [5.74, 6) is 2.66. The van der Waals surface area contributed by atoms with Crippen LogP contribution in [0, 0.1) is 12.3 Å². The topological polar surface area (TPSA) is 30.5 Å². The molecule has 0 aromatic heterocycles. The van der Waals surface area contributed by atoms with Crippen LogP contribution in [0.1, 0.15) is 32.1 Å². The van der Waals surface area contributed by atoms with E-state index in [1.54, 1.807) is 0 Å². The minimum atomic E-state index is 0.0876. The largest absolute Gasteiger partial charge is 0.381 e. The van der Waals surface area contributed by atoms with Crippen molar-refractivity contribution in [3.8, 4) is 12.3 Å². The molecule has 2 heterocycles. The molecule has 0 amide bonds. The van der Waals surface area contributed by atoms with E-state index in [0.29, 0.717) is 6.04 Å². The average Bonchev–Trinajstić information content (AvgIpc) is 2.31. The Balaban J connectivity index is 1.81. The molecular formula is C13H21NO2. The van der Waals surface area contributed by atoms with Crippen molar-refractivity contribution in [3.05, 3.63) is 0 Å². The van der Waals surface area contributed by atoms with Gasteiger partial charge >= 0.3 is 0 Å². The molecule has 2 fully saturated rings. The maximum absolute atomic E-state index is 5.98. The van der Waals surface area contributed by atoms with Gasteiger partial charge in [-0.3, -0.25) is 0 Å². The second-order valence-electron chi connectivity index (χ2n) is 4.74. The fourth-order valence-electron chi connectivity index (χ4n) is 2.64. The number of terminal acetylenes is 1. The van der Waals surface area contributed by atoms with Gasteiger partial charge in [0.1, 0.15) is 0 Å². The van der Waals surface area contributed by atoms with Crippen molar-refractivity contribution in [2.45, 2.75) is 43.7 Å². The van der Waals surface area contributed by atoms with Crippen molar-refractivity contribution < 1.29 is 9.47 Å². The molecule has 2 aliphatic heterocycles. The molecule has 2 aliphatic rings. The molecule has 1 N–H and O–H groups in total. The molecule has 1 unspecified atom stereocenters. The van der Waals surface area contributed by atoms with Crippen LogP contribution in [0.5, 0.6) is 0 Å². The highest BCUT2D eigenvalue weighted by Gasteiger charge is 2.38. The SMILES string of the molecule is C#CCCNC1CCOC2(CCOCC2)C1. The second-order valence-corrected chi connectivity index (χ2v) is 4.74. The number of hydrogen-bond acceptors (Lipinski definition) is 3. The standard InChI is InChI=1S/C13H21NO2/c1-2-3-7-14-12-4-8-16-13(11-12)5-9-15-10-6-13/h1,12,14H,3-11H2. The van der Waals surface area contributed by atoms with Crippen molar-refractivity contribution in [3.63, 3.8) is 0 Å². The van der Waals surface area contributed by atoms with Crippen molar-refractivity contribution in [2.75, 3.05) is 26.4 Å². The molecule has 16 heavy (non-hydrogen) atoms. The van der Waals surface area contributed by atoms with Gasteiger partial charge in [0.05, 0.1) is 5.60 Å². The lowest BCUT2D eigenvalue weighted by Gasteiger charge is -2.43. The quantitative estimate of drug-likeness (QED) is 0.578. The van der Waals surface area contributed by atoms with Crippen LogP contribution >= 0.6 is 0 Å². The van der Waals surface area contributed by atoms with E-state index in [-0.39, 0.29) is 5.60 Å². The summed E-state index contributed by atoms with van der Waals surface area (Å²) in [7, 11) is 0. The van der Waals surface area contributed by atoms with Crippen LogP contribution in [0.4, 0.5) is 0 Å². The van der Waals surface area contributed by atoms with Gasteiger partial charge in [-0.1, -0.05) is 0 Å². The molecule has 1 spiro atoms. The molecule has 0 bridgehead atoms. The van der Waals surface area contributed by atoms with Crippen LogP contribution in [-0.2, 0) is 9.47 Å². The first-order valence-electron chi connectivity index (χ1n) is 6.23. The second kappa shape index (κ2) is 5.67. The zero-order valence-electron chi connectivity index (χ0n) is 9.84. The predicted molar refractivity (Wildman–Crippen MR) is 63.2 cm³/mol.